The molecule has 0 bridgehead atoms. The van der Waals surface area contributed by atoms with Gasteiger partial charge in [0.05, 0.1) is 6.26 Å². The van der Waals surface area contributed by atoms with Crippen LogP contribution in [0.15, 0.2) is 36.4 Å². The molecule has 1 aromatic carbocycles. The van der Waals surface area contributed by atoms with Gasteiger partial charge in [-0.25, -0.2) is 18.0 Å². The van der Waals surface area contributed by atoms with Crippen molar-refractivity contribution in [3.63, 3.8) is 0 Å². The molecule has 11 nitrogen and oxygen atoms in total. The van der Waals surface area contributed by atoms with Crippen LogP contribution in [0.3, 0.4) is 0 Å². The number of anilines is 1. The molecule has 1 heterocycles. The molecule has 2 rings (SSSR count). The minimum atomic E-state index is -3.57. The van der Waals surface area contributed by atoms with Crippen molar-refractivity contribution < 1.29 is 33.0 Å². The van der Waals surface area contributed by atoms with E-state index in [1.54, 1.807) is 12.1 Å². The Morgan fingerprint density at radius 1 is 1.00 bits per heavy atom. The van der Waals surface area contributed by atoms with E-state index in [0.717, 1.165) is 25.0 Å². The van der Waals surface area contributed by atoms with E-state index in [1.807, 2.05) is 16.9 Å². The van der Waals surface area contributed by atoms with Crippen LogP contribution in [0.4, 0.5) is 5.69 Å². The van der Waals surface area contributed by atoms with Gasteiger partial charge in [-0.15, -0.1) is 0 Å². The number of aliphatic carboxylic acids is 2. The summed E-state index contributed by atoms with van der Waals surface area (Å²) in [4.78, 5) is 33.3. The van der Waals surface area contributed by atoms with Crippen LogP contribution in [0.5, 0.6) is 0 Å². The van der Waals surface area contributed by atoms with E-state index >= 15 is 0 Å². The van der Waals surface area contributed by atoms with E-state index in [9.17, 15) is 22.8 Å². The number of guanidine groups is 1. The lowest BCUT2D eigenvalue weighted by molar-refractivity contribution is -0.134. The SMILES string of the molecule is CS(=O)(=O)NC(=N)NC(=O)c1ccc(N2CCCCC2)cc1.O=C(O)C=CC(=O)O. The largest absolute Gasteiger partial charge is 0.478 e. The van der Waals surface area contributed by atoms with E-state index in [-0.39, 0.29) is 0 Å². The fourth-order valence-electron chi connectivity index (χ4n) is 2.51. The second kappa shape index (κ2) is 11.6. The van der Waals surface area contributed by atoms with Crippen LogP contribution < -0.4 is 14.9 Å². The fraction of sp³-hybridized carbons (Fsp3) is 0.333. The number of hydrogen-bond acceptors (Lipinski definition) is 7. The van der Waals surface area contributed by atoms with Gasteiger partial charge in [-0.2, -0.15) is 0 Å². The Labute approximate surface area is 173 Å². The van der Waals surface area contributed by atoms with Crippen molar-refractivity contribution in [2.24, 2.45) is 0 Å². The number of benzene rings is 1. The molecule has 0 saturated carbocycles. The summed E-state index contributed by atoms with van der Waals surface area (Å²) in [5, 5.41) is 25.2. The van der Waals surface area contributed by atoms with Crippen molar-refractivity contribution in [3.8, 4) is 0 Å². The third-order valence-corrected chi connectivity index (χ3v) is 4.32. The summed E-state index contributed by atoms with van der Waals surface area (Å²) in [6, 6.07) is 7.09. The normalized spacial score (nSPS) is 13.7. The van der Waals surface area contributed by atoms with Crippen molar-refractivity contribution in [3.05, 3.63) is 42.0 Å². The molecule has 1 aromatic rings. The number of rotatable bonds is 5. The Balaban J connectivity index is 0.000000479. The Hall–Kier alpha value is -3.41. The summed E-state index contributed by atoms with van der Waals surface area (Å²) >= 11 is 0. The van der Waals surface area contributed by atoms with Crippen molar-refractivity contribution in [1.82, 2.24) is 10.0 Å². The molecule has 5 N–H and O–H groups in total. The quantitative estimate of drug-likeness (QED) is 0.251. The molecule has 0 radical (unpaired) electrons. The van der Waals surface area contributed by atoms with Gasteiger partial charge in [-0.1, -0.05) is 0 Å². The average Bonchev–Trinajstić information content (AvgIpc) is 2.66. The Morgan fingerprint density at radius 2 is 1.50 bits per heavy atom. The minimum Gasteiger partial charge on any atom is -0.478 e. The van der Waals surface area contributed by atoms with Crippen molar-refractivity contribution in [2.45, 2.75) is 19.3 Å². The zero-order valence-electron chi connectivity index (χ0n) is 16.3. The smallest absolute Gasteiger partial charge is 0.328 e. The van der Waals surface area contributed by atoms with Crippen LogP contribution in [0.1, 0.15) is 29.6 Å². The molecular weight excluding hydrogens is 416 g/mol. The van der Waals surface area contributed by atoms with Crippen molar-refractivity contribution in [2.75, 3.05) is 24.2 Å². The molecule has 1 aliphatic heterocycles. The number of nitrogens with zero attached hydrogens (tertiary/aromatic N) is 1. The molecule has 30 heavy (non-hydrogen) atoms. The van der Waals surface area contributed by atoms with Crippen molar-refractivity contribution >= 4 is 39.5 Å². The topological polar surface area (TPSA) is 177 Å². The number of hydrogen-bond donors (Lipinski definition) is 5. The summed E-state index contributed by atoms with van der Waals surface area (Å²) < 4.78 is 23.8. The highest BCUT2D eigenvalue weighted by Gasteiger charge is 2.13. The summed E-state index contributed by atoms with van der Waals surface area (Å²) in [6.07, 6.45) is 5.64. The summed E-state index contributed by atoms with van der Waals surface area (Å²) in [7, 11) is -3.57. The highest BCUT2D eigenvalue weighted by molar-refractivity contribution is 7.89. The van der Waals surface area contributed by atoms with E-state index in [1.165, 1.54) is 19.3 Å². The van der Waals surface area contributed by atoms with Crippen LogP contribution in [-0.4, -0.2) is 61.8 Å². The number of amides is 1. The number of carbonyl (C=O) groups is 3. The zero-order valence-corrected chi connectivity index (χ0v) is 17.1. The van der Waals surface area contributed by atoms with Gasteiger partial charge in [0.2, 0.25) is 16.0 Å². The lowest BCUT2D eigenvalue weighted by atomic mass is 10.1. The maximum atomic E-state index is 11.9. The van der Waals surface area contributed by atoms with Gasteiger partial charge in [0.25, 0.3) is 5.91 Å². The average molecular weight is 440 g/mol. The Bertz CT molecular complexity index is 889. The molecule has 1 fully saturated rings. The summed E-state index contributed by atoms with van der Waals surface area (Å²) in [5.41, 5.74) is 1.45. The molecule has 0 unspecified atom stereocenters. The standard InChI is InChI=1S/C14H20N4O3S.C4H4O4/c1-22(20,21)17-14(15)16-13(19)11-5-7-12(8-6-11)18-9-3-2-4-10-18;5-3(6)1-2-4(7)8/h5-8H,2-4,9-10H2,1H3,(H3,15,16,17,19);1-2H,(H,5,6)(H,7,8). The molecular formula is C18H24N4O7S. The van der Waals surface area contributed by atoms with E-state index in [4.69, 9.17) is 15.6 Å². The van der Waals surface area contributed by atoms with Crippen LogP contribution >= 0.6 is 0 Å². The lowest BCUT2D eigenvalue weighted by Crippen LogP contribution is -2.42. The van der Waals surface area contributed by atoms with Crippen molar-refractivity contribution in [1.29, 1.82) is 5.41 Å². The monoisotopic (exact) mass is 440 g/mol. The third kappa shape index (κ3) is 10.2. The van der Waals surface area contributed by atoms with Gasteiger partial charge in [0.1, 0.15) is 0 Å². The zero-order chi connectivity index (χ0) is 22.7. The summed E-state index contributed by atoms with van der Waals surface area (Å²) in [6.45, 7) is 2.04. The van der Waals surface area contributed by atoms with Gasteiger partial charge in [-0.05, 0) is 43.5 Å². The molecule has 0 spiro atoms. The number of carboxylic acid groups (broad SMARTS) is 2. The van der Waals surface area contributed by atoms with Crippen LogP contribution in [0.25, 0.3) is 0 Å². The highest BCUT2D eigenvalue weighted by atomic mass is 32.2. The number of piperidine rings is 1. The molecule has 164 valence electrons. The van der Waals surface area contributed by atoms with E-state index in [2.05, 4.69) is 10.2 Å². The second-order valence-corrected chi connectivity index (χ2v) is 8.06. The number of carboxylic acids is 2. The molecule has 1 amide bonds. The maximum absolute atomic E-state index is 11.9. The summed E-state index contributed by atoms with van der Waals surface area (Å²) in [5.74, 6) is -3.60. The first kappa shape index (κ1) is 24.6. The van der Waals surface area contributed by atoms with Crippen LogP contribution in [0.2, 0.25) is 0 Å². The van der Waals surface area contributed by atoms with E-state index in [0.29, 0.717) is 17.7 Å². The number of carbonyl (C=O) groups excluding carboxylic acids is 1. The minimum absolute atomic E-state index is 0.376. The first-order chi connectivity index (χ1) is 14.0. The van der Waals surface area contributed by atoms with Gasteiger partial charge in [0, 0.05) is 36.5 Å². The van der Waals surface area contributed by atoms with Gasteiger partial charge < -0.3 is 15.1 Å². The first-order valence-electron chi connectivity index (χ1n) is 8.84. The van der Waals surface area contributed by atoms with Crippen LogP contribution in [0, 0.1) is 5.41 Å². The molecule has 0 aromatic heterocycles. The maximum Gasteiger partial charge on any atom is 0.328 e. The number of nitrogens with one attached hydrogen (secondary N) is 3. The Morgan fingerprint density at radius 3 is 1.93 bits per heavy atom. The van der Waals surface area contributed by atoms with Gasteiger partial charge in [0.15, 0.2) is 0 Å². The third-order valence-electron chi connectivity index (χ3n) is 3.75. The number of sulfonamides is 1. The van der Waals surface area contributed by atoms with Crippen LogP contribution in [-0.2, 0) is 19.6 Å². The first-order valence-corrected chi connectivity index (χ1v) is 10.7. The predicted octanol–water partition coefficient (Wildman–Crippen LogP) is 0.602. The van der Waals surface area contributed by atoms with Gasteiger partial charge >= 0.3 is 11.9 Å². The van der Waals surface area contributed by atoms with Gasteiger partial charge in [-0.3, -0.25) is 20.2 Å². The molecule has 0 aliphatic carbocycles. The highest BCUT2D eigenvalue weighted by Crippen LogP contribution is 2.20. The molecule has 1 aliphatic rings. The molecule has 12 heteroatoms. The molecule has 0 atom stereocenters. The van der Waals surface area contributed by atoms with E-state index < -0.39 is 33.8 Å². The molecule has 1 saturated heterocycles. The second-order valence-electron chi connectivity index (χ2n) is 6.31. The Kier molecular flexibility index (Phi) is 9.49. The fourth-order valence-corrected chi connectivity index (χ4v) is 2.94. The lowest BCUT2D eigenvalue weighted by Gasteiger charge is -2.28. The predicted molar refractivity (Wildman–Crippen MR) is 110 cm³/mol.